The van der Waals surface area contributed by atoms with Gasteiger partial charge in [-0.25, -0.2) is 0 Å². The monoisotopic (exact) mass is 481 g/mol. The smallest absolute Gasteiger partial charge is 0.199 e. The standard InChI is InChI=1S/C29H23NO2S2/c1-20-10-16-25(17-11-20)34(31,32)30-33-18-23-14-12-21-6-2-4-8-26(21)28(23)29-24(19-33)15-13-22-7-3-5-9-27(22)29/h2-17H,18-19H2,1H3. The summed E-state index contributed by atoms with van der Waals surface area (Å²) in [5, 5.41) is 4.77. The molecule has 1 heterocycles. The van der Waals surface area contributed by atoms with E-state index in [1.165, 1.54) is 32.7 Å². The molecule has 0 saturated carbocycles. The zero-order chi connectivity index (χ0) is 23.3. The third-order valence-corrected chi connectivity index (χ3v) is 10.2. The molecule has 5 aromatic rings. The number of benzene rings is 5. The summed E-state index contributed by atoms with van der Waals surface area (Å²) >= 11 is 0. The number of fused-ring (bicyclic) bond motifs is 7. The van der Waals surface area contributed by atoms with Gasteiger partial charge in [0.15, 0.2) is 0 Å². The van der Waals surface area contributed by atoms with Crippen molar-refractivity contribution < 1.29 is 8.42 Å². The normalized spacial score (nSPS) is 13.9. The summed E-state index contributed by atoms with van der Waals surface area (Å²) in [5.41, 5.74) is 5.75. The molecule has 0 fully saturated rings. The van der Waals surface area contributed by atoms with E-state index in [1.54, 1.807) is 12.1 Å². The molecular weight excluding hydrogens is 458 g/mol. The van der Waals surface area contributed by atoms with Crippen molar-refractivity contribution in [3.05, 3.63) is 114 Å². The molecular formula is C29H23NO2S2. The third kappa shape index (κ3) is 3.65. The van der Waals surface area contributed by atoms with Gasteiger partial charge in [0, 0.05) is 11.5 Å². The molecule has 0 saturated heterocycles. The maximum absolute atomic E-state index is 13.2. The van der Waals surface area contributed by atoms with Crippen LogP contribution < -0.4 is 0 Å². The Kier molecular flexibility index (Phi) is 5.12. The van der Waals surface area contributed by atoms with Crippen molar-refractivity contribution in [2.24, 2.45) is 3.77 Å². The molecule has 0 aromatic heterocycles. The molecule has 34 heavy (non-hydrogen) atoms. The molecule has 1 aliphatic rings. The van der Waals surface area contributed by atoms with Gasteiger partial charge in [0.05, 0.1) is 4.90 Å². The Morgan fingerprint density at radius 2 is 1.15 bits per heavy atom. The van der Waals surface area contributed by atoms with Crippen molar-refractivity contribution in [3.8, 4) is 11.1 Å². The molecule has 0 bridgehead atoms. The molecule has 0 radical (unpaired) electrons. The predicted molar refractivity (Wildman–Crippen MR) is 142 cm³/mol. The van der Waals surface area contributed by atoms with Gasteiger partial charge >= 0.3 is 0 Å². The summed E-state index contributed by atoms with van der Waals surface area (Å²) in [6, 6.07) is 32.4. The Morgan fingerprint density at radius 3 is 1.68 bits per heavy atom. The zero-order valence-corrected chi connectivity index (χ0v) is 20.4. The molecule has 0 amide bonds. The van der Waals surface area contributed by atoms with Crippen LogP contribution in [0.2, 0.25) is 0 Å². The van der Waals surface area contributed by atoms with Crippen LogP contribution in [0.3, 0.4) is 0 Å². The second kappa shape index (κ2) is 8.19. The molecule has 0 N–H and O–H groups in total. The van der Waals surface area contributed by atoms with Gasteiger partial charge in [0.2, 0.25) is 0 Å². The van der Waals surface area contributed by atoms with Gasteiger partial charge in [-0.1, -0.05) is 101 Å². The number of hydrogen-bond donors (Lipinski definition) is 0. The van der Waals surface area contributed by atoms with Crippen LogP contribution in [-0.4, -0.2) is 8.42 Å². The third-order valence-electron chi connectivity index (χ3n) is 6.45. The minimum absolute atomic E-state index is 0.257. The maximum Gasteiger partial charge on any atom is 0.287 e. The Labute approximate surface area is 202 Å². The van der Waals surface area contributed by atoms with Crippen molar-refractivity contribution in [1.82, 2.24) is 0 Å². The summed E-state index contributed by atoms with van der Waals surface area (Å²) in [7, 11) is -4.45. The number of aryl methyl sites for hydroxylation is 1. The van der Waals surface area contributed by atoms with Crippen LogP contribution >= 0.6 is 0 Å². The highest BCUT2D eigenvalue weighted by Gasteiger charge is 2.23. The average molecular weight is 482 g/mol. The zero-order valence-electron chi connectivity index (χ0n) is 18.7. The molecule has 0 atom stereocenters. The van der Waals surface area contributed by atoms with E-state index in [0.717, 1.165) is 16.7 Å². The molecule has 5 heteroatoms. The highest BCUT2D eigenvalue weighted by molar-refractivity contribution is 7.99. The van der Waals surface area contributed by atoms with E-state index >= 15 is 0 Å². The summed E-state index contributed by atoms with van der Waals surface area (Å²) in [4.78, 5) is 0.257. The lowest BCUT2D eigenvalue weighted by Crippen LogP contribution is -2.04. The molecule has 0 unspecified atom stereocenters. The van der Waals surface area contributed by atoms with Crippen molar-refractivity contribution >= 4 is 42.3 Å². The Morgan fingerprint density at radius 1 is 0.647 bits per heavy atom. The SMILES string of the molecule is Cc1ccc(S(=O)(=O)N=S2Cc3ccc4ccccc4c3-c3c(ccc4ccccc34)C2)cc1. The number of rotatable bonds is 2. The van der Waals surface area contributed by atoms with Gasteiger partial charge in [0.1, 0.15) is 0 Å². The van der Waals surface area contributed by atoms with Gasteiger partial charge in [-0.2, -0.15) is 8.42 Å². The molecule has 3 nitrogen and oxygen atoms in total. The summed E-state index contributed by atoms with van der Waals surface area (Å²) in [5.74, 6) is 1.21. The fraction of sp³-hybridized carbons (Fsp3) is 0.103. The number of sulfonamides is 1. The first kappa shape index (κ1) is 21.3. The van der Waals surface area contributed by atoms with E-state index in [2.05, 4.69) is 76.6 Å². The predicted octanol–water partition coefficient (Wildman–Crippen LogP) is 7.17. The summed E-state index contributed by atoms with van der Waals surface area (Å²) in [6.07, 6.45) is 0. The Hall–Kier alpha value is -3.28. The first-order valence-electron chi connectivity index (χ1n) is 11.2. The largest absolute Gasteiger partial charge is 0.287 e. The lowest BCUT2D eigenvalue weighted by molar-refractivity contribution is 0.598. The van der Waals surface area contributed by atoms with Gasteiger partial charge in [-0.05, 0) is 62.9 Å². The molecule has 0 aliphatic carbocycles. The van der Waals surface area contributed by atoms with Crippen LogP contribution in [0.15, 0.2) is 106 Å². The van der Waals surface area contributed by atoms with Crippen LogP contribution in [-0.2, 0) is 32.2 Å². The number of nitrogens with zero attached hydrogens (tertiary/aromatic N) is 1. The minimum Gasteiger partial charge on any atom is -0.199 e. The molecule has 6 rings (SSSR count). The van der Waals surface area contributed by atoms with Crippen LogP contribution in [0.4, 0.5) is 0 Å². The second-order valence-electron chi connectivity index (χ2n) is 8.76. The molecule has 5 aromatic carbocycles. The lowest BCUT2D eigenvalue weighted by Gasteiger charge is -2.15. The highest BCUT2D eigenvalue weighted by Crippen LogP contribution is 2.42. The van der Waals surface area contributed by atoms with E-state index in [0.29, 0.717) is 11.5 Å². The quantitative estimate of drug-likeness (QED) is 0.268. The average Bonchev–Trinajstić information content (AvgIpc) is 3.00. The van der Waals surface area contributed by atoms with Crippen molar-refractivity contribution in [1.29, 1.82) is 0 Å². The van der Waals surface area contributed by atoms with Crippen LogP contribution in [0.1, 0.15) is 16.7 Å². The molecule has 0 spiro atoms. The van der Waals surface area contributed by atoms with Crippen molar-refractivity contribution in [2.75, 3.05) is 0 Å². The molecule has 168 valence electrons. The lowest BCUT2D eigenvalue weighted by atomic mass is 9.88. The van der Waals surface area contributed by atoms with E-state index < -0.39 is 20.7 Å². The number of hydrogen-bond acceptors (Lipinski definition) is 2. The van der Waals surface area contributed by atoms with E-state index in [-0.39, 0.29) is 4.90 Å². The van der Waals surface area contributed by atoms with Gasteiger partial charge < -0.3 is 0 Å². The van der Waals surface area contributed by atoms with Crippen LogP contribution in [0.25, 0.3) is 32.7 Å². The summed E-state index contributed by atoms with van der Waals surface area (Å²) < 4.78 is 30.9. The molecule has 1 aliphatic heterocycles. The first-order chi connectivity index (χ1) is 16.5. The van der Waals surface area contributed by atoms with Gasteiger partial charge in [0.25, 0.3) is 10.0 Å². The van der Waals surface area contributed by atoms with Gasteiger partial charge in [-0.15, -0.1) is 3.77 Å². The Bertz CT molecular complexity index is 1630. The van der Waals surface area contributed by atoms with E-state index in [1.807, 2.05) is 19.1 Å². The van der Waals surface area contributed by atoms with Gasteiger partial charge in [-0.3, -0.25) is 0 Å². The van der Waals surface area contributed by atoms with E-state index in [9.17, 15) is 8.42 Å². The summed E-state index contributed by atoms with van der Waals surface area (Å²) in [6.45, 7) is 1.95. The maximum atomic E-state index is 13.2. The van der Waals surface area contributed by atoms with Crippen molar-refractivity contribution in [3.63, 3.8) is 0 Å². The fourth-order valence-corrected chi connectivity index (χ4v) is 8.48. The van der Waals surface area contributed by atoms with Crippen molar-refractivity contribution in [2.45, 2.75) is 23.3 Å². The Balaban J connectivity index is 1.62. The topological polar surface area (TPSA) is 46.5 Å². The van der Waals surface area contributed by atoms with E-state index in [4.69, 9.17) is 0 Å². The highest BCUT2D eigenvalue weighted by atomic mass is 32.3. The minimum atomic E-state index is -3.75. The first-order valence-corrected chi connectivity index (χ1v) is 14.2. The van der Waals surface area contributed by atoms with Crippen LogP contribution in [0.5, 0.6) is 0 Å². The van der Waals surface area contributed by atoms with Crippen LogP contribution in [0, 0.1) is 6.92 Å². The second-order valence-corrected chi connectivity index (χ2v) is 12.3. The fourth-order valence-electron chi connectivity index (χ4n) is 4.82.